The number of aliphatic hydroxyl groups excluding tert-OH is 2. The summed E-state index contributed by atoms with van der Waals surface area (Å²) in [5.41, 5.74) is 3.26. The first kappa shape index (κ1) is 28.7. The third-order valence-electron chi connectivity index (χ3n) is 8.11. The Kier molecular flexibility index (Phi) is 8.26. The van der Waals surface area contributed by atoms with Crippen LogP contribution in [0.5, 0.6) is 0 Å². The molecule has 0 spiro atoms. The summed E-state index contributed by atoms with van der Waals surface area (Å²) in [6.45, 7) is 4.11. The zero-order valence-corrected chi connectivity index (χ0v) is 24.2. The largest absolute Gasteiger partial charge is 0.392 e. The Morgan fingerprint density at radius 2 is 1.79 bits per heavy atom. The molecule has 1 aromatic heterocycles. The van der Waals surface area contributed by atoms with E-state index in [2.05, 4.69) is 21.5 Å². The van der Waals surface area contributed by atoms with E-state index in [9.17, 15) is 18.6 Å². The molecular formula is C32H35N3O6S. The minimum Gasteiger partial charge on any atom is -0.392 e. The number of hydrogen-bond donors (Lipinski definition) is 3. The Hall–Kier alpha value is -3.38. The standard InChI is InChI=1S/C32H35N3O6S/c1-21-28(19-35-16-14-27(37)18-35)40-32(41-31(21)24-12-10-22(20-36)11-13-24)25-6-2-8-26(17-25)34-42(38,39)29-9-3-5-23-7-4-15-33-30(23)29/h2-13,15,17,21,27-28,31-32,34,36-37H,14,16,18-20H2,1H3/t21-,27+,28+,31+,32?/m0/s1. The summed E-state index contributed by atoms with van der Waals surface area (Å²) in [5.74, 6) is -0.000448. The van der Waals surface area contributed by atoms with Crippen molar-refractivity contribution in [1.29, 1.82) is 0 Å². The Morgan fingerprint density at radius 1 is 1.00 bits per heavy atom. The van der Waals surface area contributed by atoms with Crippen LogP contribution in [0.4, 0.5) is 5.69 Å². The highest BCUT2D eigenvalue weighted by atomic mass is 32.2. The Morgan fingerprint density at radius 3 is 2.55 bits per heavy atom. The molecule has 3 aromatic carbocycles. The zero-order valence-electron chi connectivity index (χ0n) is 23.3. The molecule has 0 aliphatic carbocycles. The highest BCUT2D eigenvalue weighted by Crippen LogP contribution is 2.42. The van der Waals surface area contributed by atoms with Crippen LogP contribution >= 0.6 is 0 Å². The number of aliphatic hydroxyl groups is 2. The number of hydrogen-bond acceptors (Lipinski definition) is 8. The third kappa shape index (κ3) is 6.05. The fraction of sp³-hybridized carbons (Fsp3) is 0.344. The Bertz CT molecular complexity index is 1640. The van der Waals surface area contributed by atoms with Crippen LogP contribution in [0.25, 0.3) is 10.9 Å². The number of rotatable bonds is 8. The van der Waals surface area contributed by atoms with Gasteiger partial charge < -0.3 is 19.7 Å². The van der Waals surface area contributed by atoms with Crippen LogP contribution in [-0.4, -0.2) is 60.4 Å². The number of nitrogens with one attached hydrogen (secondary N) is 1. The molecule has 4 aromatic rings. The fourth-order valence-corrected chi connectivity index (χ4v) is 7.04. The SMILES string of the molecule is C[C@H]1[C@@H](CN2CC[C@@H](O)C2)OC(c2cccc(NS(=O)(=O)c3cccc4cccnc34)c2)O[C@H]1c1ccc(CO)cc1. The molecule has 2 aliphatic rings. The van der Waals surface area contributed by atoms with E-state index in [1.54, 1.807) is 42.6 Å². The van der Waals surface area contributed by atoms with Crippen molar-refractivity contribution in [3.63, 3.8) is 0 Å². The van der Waals surface area contributed by atoms with Gasteiger partial charge in [0.05, 0.1) is 30.4 Å². The molecule has 0 radical (unpaired) electrons. The van der Waals surface area contributed by atoms with Gasteiger partial charge >= 0.3 is 0 Å². The van der Waals surface area contributed by atoms with Crippen LogP contribution in [0.15, 0.2) is 90.0 Å². The molecule has 3 heterocycles. The molecule has 5 atom stereocenters. The first-order valence-corrected chi connectivity index (χ1v) is 15.7. The van der Waals surface area contributed by atoms with Gasteiger partial charge in [-0.1, -0.05) is 61.5 Å². The lowest BCUT2D eigenvalue weighted by Crippen LogP contribution is -2.44. The summed E-state index contributed by atoms with van der Waals surface area (Å²) < 4.78 is 42.7. The lowest BCUT2D eigenvalue weighted by atomic mass is 9.90. The van der Waals surface area contributed by atoms with Crippen molar-refractivity contribution in [2.24, 2.45) is 5.92 Å². The molecule has 10 heteroatoms. The average Bonchev–Trinajstić information content (AvgIpc) is 3.42. The predicted octanol–water partition coefficient (Wildman–Crippen LogP) is 4.39. The van der Waals surface area contributed by atoms with Gasteiger partial charge in [0.2, 0.25) is 0 Å². The molecule has 3 N–H and O–H groups in total. The highest BCUT2D eigenvalue weighted by molar-refractivity contribution is 7.93. The van der Waals surface area contributed by atoms with Crippen LogP contribution in [0.1, 0.15) is 42.4 Å². The summed E-state index contributed by atoms with van der Waals surface area (Å²) in [6.07, 6.45) is 0.744. The van der Waals surface area contributed by atoms with Crippen LogP contribution in [0.2, 0.25) is 0 Å². The minimum absolute atomic E-state index is 0.000448. The smallest absolute Gasteiger partial charge is 0.264 e. The van der Waals surface area contributed by atoms with Gasteiger partial charge in [-0.3, -0.25) is 14.6 Å². The molecule has 2 fully saturated rings. The second kappa shape index (κ2) is 12.1. The van der Waals surface area contributed by atoms with Crippen molar-refractivity contribution >= 4 is 26.6 Å². The van der Waals surface area contributed by atoms with E-state index in [1.165, 1.54) is 0 Å². The summed E-state index contributed by atoms with van der Waals surface area (Å²) in [6, 6.07) is 23.4. The number of benzene rings is 3. The van der Waals surface area contributed by atoms with Crippen molar-refractivity contribution in [2.75, 3.05) is 24.4 Å². The number of para-hydroxylation sites is 1. The van der Waals surface area contributed by atoms with Crippen LogP contribution in [0.3, 0.4) is 0 Å². The number of likely N-dealkylation sites (tertiary alicyclic amines) is 1. The van der Waals surface area contributed by atoms with E-state index < -0.39 is 16.3 Å². The number of fused-ring (bicyclic) bond motifs is 1. The molecule has 2 saturated heterocycles. The zero-order chi connectivity index (χ0) is 29.3. The van der Waals surface area contributed by atoms with E-state index in [-0.39, 0.29) is 35.7 Å². The molecular weight excluding hydrogens is 554 g/mol. The maximum absolute atomic E-state index is 13.5. The van der Waals surface area contributed by atoms with E-state index in [0.29, 0.717) is 29.9 Å². The molecule has 0 bridgehead atoms. The van der Waals surface area contributed by atoms with Crippen molar-refractivity contribution in [2.45, 2.75) is 49.4 Å². The summed E-state index contributed by atoms with van der Waals surface area (Å²) in [5, 5.41) is 20.3. The molecule has 6 rings (SSSR count). The summed E-state index contributed by atoms with van der Waals surface area (Å²) in [4.78, 5) is 6.61. The molecule has 220 valence electrons. The number of anilines is 1. The first-order chi connectivity index (χ1) is 20.3. The van der Waals surface area contributed by atoms with Crippen molar-refractivity contribution < 1.29 is 28.1 Å². The molecule has 0 amide bonds. The monoisotopic (exact) mass is 589 g/mol. The van der Waals surface area contributed by atoms with Gasteiger partial charge in [-0.25, -0.2) is 8.42 Å². The maximum Gasteiger partial charge on any atom is 0.264 e. The first-order valence-electron chi connectivity index (χ1n) is 14.2. The van der Waals surface area contributed by atoms with Gasteiger partial charge in [0, 0.05) is 48.4 Å². The van der Waals surface area contributed by atoms with E-state index in [4.69, 9.17) is 9.47 Å². The van der Waals surface area contributed by atoms with E-state index in [1.807, 2.05) is 42.5 Å². The van der Waals surface area contributed by atoms with Gasteiger partial charge in [0.25, 0.3) is 10.0 Å². The fourth-order valence-electron chi connectivity index (χ4n) is 5.81. The summed E-state index contributed by atoms with van der Waals surface area (Å²) in [7, 11) is -3.93. The van der Waals surface area contributed by atoms with Gasteiger partial charge in [0.15, 0.2) is 6.29 Å². The minimum atomic E-state index is -3.93. The number of aromatic nitrogens is 1. The molecule has 42 heavy (non-hydrogen) atoms. The van der Waals surface area contributed by atoms with Gasteiger partial charge in [-0.2, -0.15) is 0 Å². The maximum atomic E-state index is 13.5. The summed E-state index contributed by atoms with van der Waals surface area (Å²) >= 11 is 0. The van der Waals surface area contributed by atoms with Crippen molar-refractivity contribution in [1.82, 2.24) is 9.88 Å². The second-order valence-electron chi connectivity index (χ2n) is 11.1. The normalized spacial score (nSPS) is 25.1. The van der Waals surface area contributed by atoms with Gasteiger partial charge in [0.1, 0.15) is 4.90 Å². The molecule has 2 aliphatic heterocycles. The highest BCUT2D eigenvalue weighted by Gasteiger charge is 2.40. The quantitative estimate of drug-likeness (QED) is 0.277. The number of ether oxygens (including phenoxy) is 2. The van der Waals surface area contributed by atoms with Crippen LogP contribution < -0.4 is 4.72 Å². The average molecular weight is 590 g/mol. The lowest BCUT2D eigenvalue weighted by molar-refractivity contribution is -0.276. The van der Waals surface area contributed by atoms with Crippen molar-refractivity contribution in [3.05, 3.63) is 102 Å². The van der Waals surface area contributed by atoms with Crippen molar-refractivity contribution in [3.8, 4) is 0 Å². The lowest BCUT2D eigenvalue weighted by Gasteiger charge is -2.42. The molecule has 9 nitrogen and oxygen atoms in total. The third-order valence-corrected chi connectivity index (χ3v) is 9.52. The Labute approximate surface area is 245 Å². The van der Waals surface area contributed by atoms with E-state index >= 15 is 0 Å². The van der Waals surface area contributed by atoms with Gasteiger partial charge in [-0.05, 0) is 41.8 Å². The second-order valence-corrected chi connectivity index (χ2v) is 12.7. The molecule has 0 saturated carbocycles. The van der Waals surface area contributed by atoms with Gasteiger partial charge in [-0.15, -0.1) is 0 Å². The molecule has 1 unspecified atom stereocenters. The number of nitrogens with zero attached hydrogens (tertiary/aromatic N) is 2. The number of pyridine rings is 1. The van der Waals surface area contributed by atoms with E-state index in [0.717, 1.165) is 29.5 Å². The topological polar surface area (TPSA) is 121 Å². The predicted molar refractivity (Wildman–Crippen MR) is 159 cm³/mol. The van der Waals surface area contributed by atoms with Crippen LogP contribution in [0, 0.1) is 5.92 Å². The van der Waals surface area contributed by atoms with Crippen LogP contribution in [-0.2, 0) is 26.1 Å². The Balaban J connectivity index is 1.28. The number of β-amino-alcohol motifs (C(OH)–C–C–N with tert-alkyl or cyclic N) is 1. The number of sulfonamides is 1.